The van der Waals surface area contributed by atoms with Gasteiger partial charge in [0.1, 0.15) is 5.69 Å². The van der Waals surface area contributed by atoms with Crippen LogP contribution in [0.15, 0.2) is 18.3 Å². The molecule has 1 aromatic heterocycles. The van der Waals surface area contributed by atoms with Crippen LogP contribution in [0, 0.1) is 0 Å². The Labute approximate surface area is 115 Å². The Hall–Kier alpha value is -1.29. The van der Waals surface area contributed by atoms with Crippen molar-refractivity contribution in [2.24, 2.45) is 7.05 Å². The van der Waals surface area contributed by atoms with E-state index in [1.165, 1.54) is 25.7 Å². The molecule has 0 bridgehead atoms. The van der Waals surface area contributed by atoms with Crippen molar-refractivity contribution in [3.63, 3.8) is 0 Å². The third-order valence-electron chi connectivity index (χ3n) is 4.61. The number of rotatable bonds is 2. The molecule has 0 N–H and O–H groups in total. The molecule has 1 aliphatic carbocycles. The number of hydrogen-bond donors (Lipinski definition) is 0. The first-order chi connectivity index (χ1) is 9.25. The van der Waals surface area contributed by atoms with Crippen LogP contribution in [0.2, 0.25) is 0 Å². The topological polar surface area (TPSA) is 28.5 Å². The van der Waals surface area contributed by atoms with Crippen LogP contribution in [0.25, 0.3) is 0 Å². The van der Waals surface area contributed by atoms with E-state index in [1.54, 1.807) is 0 Å². The minimum Gasteiger partial charge on any atom is -0.347 e. The Morgan fingerprint density at radius 2 is 1.84 bits per heavy atom. The van der Waals surface area contributed by atoms with E-state index in [9.17, 15) is 4.79 Å². The van der Waals surface area contributed by atoms with E-state index in [2.05, 4.69) is 4.90 Å². The minimum atomic E-state index is 0.179. The molecule has 2 aliphatic rings. The lowest BCUT2D eigenvalue weighted by Crippen LogP contribution is -2.51. The summed E-state index contributed by atoms with van der Waals surface area (Å²) < 4.78 is 1.91. The maximum atomic E-state index is 12.4. The van der Waals surface area contributed by atoms with E-state index >= 15 is 0 Å². The average molecular weight is 261 g/mol. The summed E-state index contributed by atoms with van der Waals surface area (Å²) in [4.78, 5) is 17.0. The van der Waals surface area contributed by atoms with Gasteiger partial charge in [0.2, 0.25) is 0 Å². The fourth-order valence-electron chi connectivity index (χ4n) is 3.40. The van der Waals surface area contributed by atoms with Crippen LogP contribution in [-0.4, -0.2) is 52.5 Å². The molecule has 1 aromatic rings. The second-order valence-corrected chi connectivity index (χ2v) is 5.77. The number of amides is 1. The third-order valence-corrected chi connectivity index (χ3v) is 4.61. The number of carbonyl (C=O) groups excluding carboxylic acids is 1. The normalized spacial score (nSPS) is 22.1. The molecule has 1 aliphatic heterocycles. The van der Waals surface area contributed by atoms with Gasteiger partial charge in [-0.3, -0.25) is 9.69 Å². The third kappa shape index (κ3) is 2.54. The van der Waals surface area contributed by atoms with Gasteiger partial charge in [0.15, 0.2) is 0 Å². The number of aromatic nitrogens is 1. The van der Waals surface area contributed by atoms with Crippen molar-refractivity contribution in [3.8, 4) is 0 Å². The summed E-state index contributed by atoms with van der Waals surface area (Å²) in [5.74, 6) is 0.179. The zero-order valence-corrected chi connectivity index (χ0v) is 11.7. The molecule has 3 rings (SSSR count). The number of nitrogens with zero attached hydrogens (tertiary/aromatic N) is 3. The molecule has 104 valence electrons. The molecular weight excluding hydrogens is 238 g/mol. The summed E-state index contributed by atoms with van der Waals surface area (Å²) in [6, 6.07) is 4.63. The monoisotopic (exact) mass is 261 g/mol. The minimum absolute atomic E-state index is 0.179. The van der Waals surface area contributed by atoms with Crippen molar-refractivity contribution >= 4 is 5.91 Å². The zero-order chi connectivity index (χ0) is 13.2. The van der Waals surface area contributed by atoms with E-state index in [0.29, 0.717) is 0 Å². The van der Waals surface area contributed by atoms with Crippen LogP contribution >= 0.6 is 0 Å². The first-order valence-electron chi connectivity index (χ1n) is 7.40. The summed E-state index contributed by atoms with van der Waals surface area (Å²) in [5, 5.41) is 0. The molecule has 1 amide bonds. The van der Waals surface area contributed by atoms with E-state index < -0.39 is 0 Å². The molecular formula is C15H23N3O. The highest BCUT2D eigenvalue weighted by Crippen LogP contribution is 2.24. The lowest BCUT2D eigenvalue weighted by molar-refractivity contribution is 0.0564. The smallest absolute Gasteiger partial charge is 0.270 e. The van der Waals surface area contributed by atoms with Gasteiger partial charge in [0, 0.05) is 45.5 Å². The standard InChI is InChI=1S/C15H23N3O/c1-16-8-4-7-14(16)15(19)18-11-9-17(10-12-18)13-5-2-3-6-13/h4,7-8,13H,2-3,5-6,9-12H2,1H3. The maximum Gasteiger partial charge on any atom is 0.270 e. The van der Waals surface area contributed by atoms with Gasteiger partial charge in [-0.15, -0.1) is 0 Å². The molecule has 0 unspecified atom stereocenters. The molecule has 0 radical (unpaired) electrons. The Morgan fingerprint density at radius 3 is 2.42 bits per heavy atom. The van der Waals surface area contributed by atoms with Crippen LogP contribution < -0.4 is 0 Å². The first-order valence-corrected chi connectivity index (χ1v) is 7.40. The predicted molar refractivity (Wildman–Crippen MR) is 75.1 cm³/mol. The van der Waals surface area contributed by atoms with Crippen molar-refractivity contribution in [1.29, 1.82) is 0 Å². The van der Waals surface area contributed by atoms with Crippen LogP contribution in [0.3, 0.4) is 0 Å². The molecule has 0 aromatic carbocycles. The second-order valence-electron chi connectivity index (χ2n) is 5.77. The van der Waals surface area contributed by atoms with E-state index in [0.717, 1.165) is 37.9 Å². The lowest BCUT2D eigenvalue weighted by atomic mass is 10.1. The van der Waals surface area contributed by atoms with E-state index in [-0.39, 0.29) is 5.91 Å². The fraction of sp³-hybridized carbons (Fsp3) is 0.667. The van der Waals surface area contributed by atoms with E-state index in [4.69, 9.17) is 0 Å². The van der Waals surface area contributed by atoms with Crippen molar-refractivity contribution in [3.05, 3.63) is 24.0 Å². The zero-order valence-electron chi connectivity index (χ0n) is 11.7. The number of aryl methyl sites for hydroxylation is 1. The highest BCUT2D eigenvalue weighted by molar-refractivity contribution is 5.92. The van der Waals surface area contributed by atoms with Crippen molar-refractivity contribution in [1.82, 2.24) is 14.4 Å². The molecule has 4 heteroatoms. The summed E-state index contributed by atoms with van der Waals surface area (Å²) in [7, 11) is 1.93. The Balaban J connectivity index is 1.58. The summed E-state index contributed by atoms with van der Waals surface area (Å²) in [5.41, 5.74) is 0.800. The van der Waals surface area contributed by atoms with Crippen molar-refractivity contribution in [2.75, 3.05) is 26.2 Å². The SMILES string of the molecule is Cn1cccc1C(=O)N1CCN(C2CCCC2)CC1. The van der Waals surface area contributed by atoms with Gasteiger partial charge in [-0.2, -0.15) is 0 Å². The lowest BCUT2D eigenvalue weighted by Gasteiger charge is -2.38. The molecule has 0 atom stereocenters. The van der Waals surface area contributed by atoms with Gasteiger partial charge in [-0.05, 0) is 25.0 Å². The molecule has 0 spiro atoms. The summed E-state index contributed by atoms with van der Waals surface area (Å²) >= 11 is 0. The Bertz CT molecular complexity index is 440. The molecule has 1 saturated heterocycles. The van der Waals surface area contributed by atoms with E-state index in [1.807, 2.05) is 34.8 Å². The molecule has 19 heavy (non-hydrogen) atoms. The van der Waals surface area contributed by atoms with Gasteiger partial charge in [0.25, 0.3) is 5.91 Å². The highest BCUT2D eigenvalue weighted by atomic mass is 16.2. The van der Waals surface area contributed by atoms with Gasteiger partial charge in [-0.25, -0.2) is 0 Å². The van der Waals surface area contributed by atoms with Crippen LogP contribution in [0.5, 0.6) is 0 Å². The van der Waals surface area contributed by atoms with Gasteiger partial charge in [0.05, 0.1) is 0 Å². The van der Waals surface area contributed by atoms with Crippen molar-refractivity contribution in [2.45, 2.75) is 31.7 Å². The maximum absolute atomic E-state index is 12.4. The second kappa shape index (κ2) is 5.37. The largest absolute Gasteiger partial charge is 0.347 e. The molecule has 2 heterocycles. The van der Waals surface area contributed by atoms with Gasteiger partial charge < -0.3 is 9.47 Å². The predicted octanol–water partition coefficient (Wildman–Crippen LogP) is 1.73. The molecule has 4 nitrogen and oxygen atoms in total. The van der Waals surface area contributed by atoms with Gasteiger partial charge >= 0.3 is 0 Å². The average Bonchev–Trinajstić information content (AvgIpc) is 3.09. The highest BCUT2D eigenvalue weighted by Gasteiger charge is 2.28. The first kappa shape index (κ1) is 12.7. The fourth-order valence-corrected chi connectivity index (χ4v) is 3.40. The summed E-state index contributed by atoms with van der Waals surface area (Å²) in [6.45, 7) is 3.84. The Kier molecular flexibility index (Phi) is 3.60. The quantitative estimate of drug-likeness (QED) is 0.811. The Morgan fingerprint density at radius 1 is 1.16 bits per heavy atom. The number of carbonyl (C=O) groups is 1. The van der Waals surface area contributed by atoms with Crippen LogP contribution in [-0.2, 0) is 7.05 Å². The van der Waals surface area contributed by atoms with Crippen LogP contribution in [0.4, 0.5) is 0 Å². The number of piperazine rings is 1. The van der Waals surface area contributed by atoms with Crippen molar-refractivity contribution < 1.29 is 4.79 Å². The molecule has 2 fully saturated rings. The molecule has 1 saturated carbocycles. The van der Waals surface area contributed by atoms with Gasteiger partial charge in [-0.1, -0.05) is 12.8 Å². The summed E-state index contributed by atoms with van der Waals surface area (Å²) in [6.07, 6.45) is 7.40. The number of hydrogen-bond acceptors (Lipinski definition) is 2. The van der Waals surface area contributed by atoms with Crippen LogP contribution in [0.1, 0.15) is 36.2 Å².